The summed E-state index contributed by atoms with van der Waals surface area (Å²) < 4.78 is 6.31. The fourth-order valence-corrected chi connectivity index (χ4v) is 3.64. The Labute approximate surface area is 136 Å². The van der Waals surface area contributed by atoms with Gasteiger partial charge in [-0.15, -0.1) is 23.7 Å². The third-order valence-corrected chi connectivity index (χ3v) is 5.02. The van der Waals surface area contributed by atoms with Crippen LogP contribution in [0.1, 0.15) is 42.3 Å². The number of hydrogen-bond donors (Lipinski definition) is 1. The Morgan fingerprint density at radius 2 is 2.10 bits per heavy atom. The van der Waals surface area contributed by atoms with E-state index in [1.807, 2.05) is 23.6 Å². The zero-order chi connectivity index (χ0) is 13.3. The Morgan fingerprint density at radius 3 is 2.75 bits per heavy atom. The van der Waals surface area contributed by atoms with Crippen LogP contribution in [0.2, 0.25) is 0 Å². The van der Waals surface area contributed by atoms with E-state index in [9.17, 15) is 0 Å². The molecule has 1 saturated carbocycles. The fraction of sp³-hybridized carbons (Fsp3) is 0.385. The van der Waals surface area contributed by atoms with Crippen LogP contribution in [0.5, 0.6) is 0 Å². The van der Waals surface area contributed by atoms with Crippen molar-refractivity contribution in [3.05, 3.63) is 32.5 Å². The first kappa shape index (κ1) is 15.7. The van der Waals surface area contributed by atoms with Gasteiger partial charge in [-0.3, -0.25) is 0 Å². The maximum absolute atomic E-state index is 6.29. The van der Waals surface area contributed by atoms with Crippen LogP contribution in [-0.2, 0) is 5.54 Å². The van der Waals surface area contributed by atoms with Gasteiger partial charge in [-0.1, -0.05) is 18.0 Å². The van der Waals surface area contributed by atoms with Gasteiger partial charge in [0.15, 0.2) is 5.82 Å². The summed E-state index contributed by atoms with van der Waals surface area (Å²) in [7, 11) is 0. The second-order valence-electron chi connectivity index (χ2n) is 4.82. The van der Waals surface area contributed by atoms with Crippen molar-refractivity contribution in [2.45, 2.75) is 31.2 Å². The summed E-state index contributed by atoms with van der Waals surface area (Å²) in [6, 6.07) is 2.04. The average molecular weight is 377 g/mol. The lowest BCUT2D eigenvalue weighted by molar-refractivity contribution is 0.364. The van der Waals surface area contributed by atoms with Gasteiger partial charge < -0.3 is 10.3 Å². The summed E-state index contributed by atoms with van der Waals surface area (Å²) in [5, 5.41) is 6.05. The van der Waals surface area contributed by atoms with Crippen molar-refractivity contribution in [1.82, 2.24) is 10.1 Å². The van der Waals surface area contributed by atoms with Crippen molar-refractivity contribution in [2.75, 3.05) is 0 Å². The lowest BCUT2D eigenvalue weighted by atomic mass is 9.99. The molecule has 1 aliphatic carbocycles. The smallest absolute Gasteiger partial charge is 0.250 e. The highest BCUT2D eigenvalue weighted by molar-refractivity contribution is 9.10. The Hall–Kier alpha value is -0.690. The molecule has 1 aliphatic rings. The van der Waals surface area contributed by atoms with Gasteiger partial charge in [0.2, 0.25) is 0 Å². The summed E-state index contributed by atoms with van der Waals surface area (Å²) in [4.78, 5) is 5.52. The van der Waals surface area contributed by atoms with E-state index < -0.39 is 0 Å². The number of nitrogens with zero attached hydrogens (tertiary/aromatic N) is 2. The van der Waals surface area contributed by atoms with Gasteiger partial charge in [0.05, 0.1) is 5.54 Å². The summed E-state index contributed by atoms with van der Waals surface area (Å²) in [5.74, 6) is 1.15. The number of halogens is 2. The van der Waals surface area contributed by atoms with Crippen molar-refractivity contribution >= 4 is 51.8 Å². The molecule has 2 N–H and O–H groups in total. The van der Waals surface area contributed by atoms with Gasteiger partial charge in [-0.25, -0.2) is 0 Å². The van der Waals surface area contributed by atoms with Crippen LogP contribution in [0.25, 0.3) is 12.2 Å². The maximum atomic E-state index is 6.29. The predicted octanol–water partition coefficient (Wildman–Crippen LogP) is 4.21. The van der Waals surface area contributed by atoms with Gasteiger partial charge in [-0.05, 0) is 40.9 Å². The summed E-state index contributed by atoms with van der Waals surface area (Å²) in [5.41, 5.74) is 5.90. The number of rotatable bonds is 3. The van der Waals surface area contributed by atoms with E-state index in [0.717, 1.165) is 35.0 Å². The number of nitrogens with two attached hydrogens (primary N) is 1. The molecular weight excluding hydrogens is 362 g/mol. The molecule has 2 aromatic rings. The number of thiophene rings is 1. The minimum Gasteiger partial charge on any atom is -0.335 e. The Kier molecular flexibility index (Phi) is 5.01. The van der Waals surface area contributed by atoms with Crippen molar-refractivity contribution in [3.8, 4) is 0 Å². The molecule has 3 rings (SSSR count). The fourth-order valence-electron chi connectivity index (χ4n) is 2.30. The summed E-state index contributed by atoms with van der Waals surface area (Å²) in [6.07, 6.45) is 7.94. The van der Waals surface area contributed by atoms with E-state index in [2.05, 4.69) is 26.1 Å². The van der Waals surface area contributed by atoms with Crippen molar-refractivity contribution < 1.29 is 4.52 Å². The summed E-state index contributed by atoms with van der Waals surface area (Å²) in [6.45, 7) is 0. The van der Waals surface area contributed by atoms with Crippen molar-refractivity contribution in [2.24, 2.45) is 5.73 Å². The molecule has 0 unspecified atom stereocenters. The SMILES string of the molecule is Cl.NC1(c2noc(/C=C/c3cc(Br)cs3)n2)CCCC1. The highest BCUT2D eigenvalue weighted by Gasteiger charge is 2.35. The molecule has 0 amide bonds. The molecule has 7 heteroatoms. The molecule has 0 bridgehead atoms. The molecule has 20 heavy (non-hydrogen) atoms. The molecule has 4 nitrogen and oxygen atoms in total. The van der Waals surface area contributed by atoms with E-state index in [1.165, 1.54) is 0 Å². The first-order valence-corrected chi connectivity index (χ1v) is 7.88. The molecule has 0 aromatic carbocycles. The van der Waals surface area contributed by atoms with Crippen LogP contribution in [-0.4, -0.2) is 10.1 Å². The topological polar surface area (TPSA) is 64.9 Å². The second kappa shape index (κ2) is 6.39. The van der Waals surface area contributed by atoms with Crippen LogP contribution in [0, 0.1) is 0 Å². The monoisotopic (exact) mass is 375 g/mol. The zero-order valence-corrected chi connectivity index (χ0v) is 13.9. The minimum absolute atomic E-state index is 0. The predicted molar refractivity (Wildman–Crippen MR) is 86.8 cm³/mol. The van der Waals surface area contributed by atoms with E-state index in [1.54, 1.807) is 11.3 Å². The largest absolute Gasteiger partial charge is 0.335 e. The average Bonchev–Trinajstić information content (AvgIpc) is 3.08. The molecule has 2 aromatic heterocycles. The molecule has 0 spiro atoms. The van der Waals surface area contributed by atoms with E-state index in [-0.39, 0.29) is 17.9 Å². The molecule has 0 aliphatic heterocycles. The van der Waals surface area contributed by atoms with Crippen molar-refractivity contribution in [3.63, 3.8) is 0 Å². The van der Waals surface area contributed by atoms with Gasteiger partial charge in [0, 0.05) is 20.8 Å². The highest BCUT2D eigenvalue weighted by atomic mass is 79.9. The van der Waals surface area contributed by atoms with Crippen LogP contribution >= 0.6 is 39.7 Å². The Balaban J connectivity index is 0.00000147. The number of hydrogen-bond acceptors (Lipinski definition) is 5. The van der Waals surface area contributed by atoms with Gasteiger partial charge in [-0.2, -0.15) is 4.98 Å². The Bertz CT molecular complexity index is 604. The molecule has 1 fully saturated rings. The standard InChI is InChI=1S/C13H14BrN3OS.ClH/c14-9-7-10(19-8-9)3-4-11-16-12(17-18-11)13(15)5-1-2-6-13;/h3-4,7-8H,1-2,5-6,15H2;1H/b4-3+;. The van der Waals surface area contributed by atoms with Gasteiger partial charge in [0.1, 0.15) is 0 Å². The first-order valence-electron chi connectivity index (χ1n) is 6.21. The quantitative estimate of drug-likeness (QED) is 0.871. The molecule has 0 atom stereocenters. The van der Waals surface area contributed by atoms with Crippen LogP contribution in [0.4, 0.5) is 0 Å². The van der Waals surface area contributed by atoms with E-state index in [4.69, 9.17) is 10.3 Å². The van der Waals surface area contributed by atoms with Crippen LogP contribution in [0.3, 0.4) is 0 Å². The molecule has 0 saturated heterocycles. The van der Waals surface area contributed by atoms with E-state index in [0.29, 0.717) is 11.7 Å². The lowest BCUT2D eigenvalue weighted by Crippen LogP contribution is -2.34. The Morgan fingerprint density at radius 1 is 1.35 bits per heavy atom. The second-order valence-corrected chi connectivity index (χ2v) is 6.68. The normalized spacial score (nSPS) is 17.5. The highest BCUT2D eigenvalue weighted by Crippen LogP contribution is 2.34. The third-order valence-electron chi connectivity index (χ3n) is 3.36. The number of aromatic nitrogens is 2. The summed E-state index contributed by atoms with van der Waals surface area (Å²) >= 11 is 5.07. The van der Waals surface area contributed by atoms with Gasteiger partial charge in [0.25, 0.3) is 5.89 Å². The molecule has 108 valence electrons. The minimum atomic E-state index is -0.387. The van der Waals surface area contributed by atoms with Gasteiger partial charge >= 0.3 is 0 Å². The van der Waals surface area contributed by atoms with Crippen molar-refractivity contribution in [1.29, 1.82) is 0 Å². The zero-order valence-electron chi connectivity index (χ0n) is 10.7. The molecule has 2 heterocycles. The molecule has 0 radical (unpaired) electrons. The third kappa shape index (κ3) is 3.31. The molecular formula is C13H15BrClN3OS. The van der Waals surface area contributed by atoms with Crippen LogP contribution < -0.4 is 5.73 Å². The first-order chi connectivity index (χ1) is 9.16. The lowest BCUT2D eigenvalue weighted by Gasteiger charge is -2.17. The van der Waals surface area contributed by atoms with E-state index >= 15 is 0 Å². The maximum Gasteiger partial charge on any atom is 0.250 e. The van der Waals surface area contributed by atoms with Crippen LogP contribution in [0.15, 0.2) is 20.4 Å².